The number of pyridine rings is 1. The lowest BCUT2D eigenvalue weighted by Gasteiger charge is -2.03. The Morgan fingerprint density at radius 3 is 2.72 bits per heavy atom. The number of aromatic carboxylic acids is 1. The van der Waals surface area contributed by atoms with Crippen LogP contribution in [0.2, 0.25) is 0 Å². The van der Waals surface area contributed by atoms with Crippen LogP contribution >= 0.6 is 0 Å². The minimum Gasteiger partial charge on any atom is -0.476 e. The van der Waals surface area contributed by atoms with E-state index in [1.807, 2.05) is 0 Å². The first-order valence-corrected chi connectivity index (χ1v) is 4.95. The SMILES string of the molecule is COC(=O)c1cc(-n2ccc(C(=O)O)n2)ccn1. The highest BCUT2D eigenvalue weighted by molar-refractivity contribution is 5.87. The highest BCUT2D eigenvalue weighted by Gasteiger charge is 2.11. The van der Waals surface area contributed by atoms with E-state index < -0.39 is 11.9 Å². The Morgan fingerprint density at radius 1 is 1.33 bits per heavy atom. The van der Waals surface area contributed by atoms with Crippen LogP contribution in [0.5, 0.6) is 0 Å². The van der Waals surface area contributed by atoms with Gasteiger partial charge in [0.15, 0.2) is 5.69 Å². The summed E-state index contributed by atoms with van der Waals surface area (Å²) >= 11 is 0. The van der Waals surface area contributed by atoms with Crippen LogP contribution in [0.25, 0.3) is 5.69 Å². The smallest absolute Gasteiger partial charge is 0.356 e. The summed E-state index contributed by atoms with van der Waals surface area (Å²) in [6, 6.07) is 4.43. The zero-order valence-corrected chi connectivity index (χ0v) is 9.40. The maximum atomic E-state index is 11.3. The maximum absolute atomic E-state index is 11.3. The number of carbonyl (C=O) groups excluding carboxylic acids is 1. The number of hydrogen-bond acceptors (Lipinski definition) is 5. The molecule has 92 valence electrons. The van der Waals surface area contributed by atoms with Crippen molar-refractivity contribution in [1.82, 2.24) is 14.8 Å². The molecule has 0 saturated carbocycles. The van der Waals surface area contributed by atoms with Gasteiger partial charge in [-0.05, 0) is 18.2 Å². The van der Waals surface area contributed by atoms with Gasteiger partial charge in [0.2, 0.25) is 0 Å². The first-order chi connectivity index (χ1) is 8.61. The van der Waals surface area contributed by atoms with Crippen molar-refractivity contribution in [2.24, 2.45) is 0 Å². The summed E-state index contributed by atoms with van der Waals surface area (Å²) in [6.07, 6.45) is 2.91. The first-order valence-electron chi connectivity index (χ1n) is 4.95. The molecule has 0 bridgehead atoms. The van der Waals surface area contributed by atoms with Crippen molar-refractivity contribution in [2.75, 3.05) is 7.11 Å². The lowest BCUT2D eigenvalue weighted by molar-refractivity contribution is 0.0593. The Bertz CT molecular complexity index is 606. The Kier molecular flexibility index (Phi) is 3.05. The Morgan fingerprint density at radius 2 is 2.11 bits per heavy atom. The van der Waals surface area contributed by atoms with Gasteiger partial charge in [-0.3, -0.25) is 0 Å². The second kappa shape index (κ2) is 4.66. The minimum atomic E-state index is -1.11. The summed E-state index contributed by atoms with van der Waals surface area (Å²) in [5.74, 6) is -1.68. The predicted octanol–water partition coefficient (Wildman–Crippen LogP) is 0.752. The molecule has 0 amide bonds. The quantitative estimate of drug-likeness (QED) is 0.804. The van der Waals surface area contributed by atoms with Gasteiger partial charge in [-0.15, -0.1) is 0 Å². The molecule has 0 saturated heterocycles. The molecule has 2 heterocycles. The van der Waals surface area contributed by atoms with Crippen LogP contribution < -0.4 is 0 Å². The second-order valence-electron chi connectivity index (χ2n) is 3.34. The Labute approximate surface area is 102 Å². The summed E-state index contributed by atoms with van der Waals surface area (Å²) in [6.45, 7) is 0. The molecular formula is C11H9N3O4. The molecule has 0 spiro atoms. The molecule has 0 unspecified atom stereocenters. The molecule has 0 aliphatic heterocycles. The highest BCUT2D eigenvalue weighted by atomic mass is 16.5. The first kappa shape index (κ1) is 11.8. The van der Waals surface area contributed by atoms with Gasteiger partial charge in [0.1, 0.15) is 5.69 Å². The summed E-state index contributed by atoms with van der Waals surface area (Å²) in [5, 5.41) is 12.6. The third kappa shape index (κ3) is 2.19. The predicted molar refractivity (Wildman–Crippen MR) is 59.7 cm³/mol. The van der Waals surface area contributed by atoms with Crippen molar-refractivity contribution in [3.8, 4) is 5.69 Å². The molecule has 0 aromatic carbocycles. The molecule has 0 fully saturated rings. The number of carboxylic acids is 1. The molecule has 2 rings (SSSR count). The van der Waals surface area contributed by atoms with E-state index in [9.17, 15) is 9.59 Å². The third-order valence-corrected chi connectivity index (χ3v) is 2.21. The van der Waals surface area contributed by atoms with Crippen molar-refractivity contribution < 1.29 is 19.4 Å². The fraction of sp³-hybridized carbons (Fsp3) is 0.0909. The van der Waals surface area contributed by atoms with Crippen molar-refractivity contribution in [2.45, 2.75) is 0 Å². The normalized spacial score (nSPS) is 10.1. The Balaban J connectivity index is 2.38. The molecule has 2 aromatic rings. The average molecular weight is 247 g/mol. The number of rotatable bonds is 3. The molecule has 18 heavy (non-hydrogen) atoms. The van der Waals surface area contributed by atoms with Gasteiger partial charge >= 0.3 is 11.9 Å². The van der Waals surface area contributed by atoms with Crippen LogP contribution in [0.3, 0.4) is 0 Å². The molecule has 7 nitrogen and oxygen atoms in total. The van der Waals surface area contributed by atoms with Gasteiger partial charge < -0.3 is 9.84 Å². The highest BCUT2D eigenvalue weighted by Crippen LogP contribution is 2.09. The molecule has 7 heteroatoms. The van der Waals surface area contributed by atoms with Crippen molar-refractivity contribution in [1.29, 1.82) is 0 Å². The number of aromatic nitrogens is 3. The standard InChI is InChI=1S/C11H9N3O4/c1-18-11(17)9-6-7(2-4-12-9)14-5-3-8(13-14)10(15)16/h2-6H,1H3,(H,15,16). The van der Waals surface area contributed by atoms with E-state index in [1.54, 1.807) is 6.07 Å². The number of hydrogen-bond donors (Lipinski definition) is 1. The molecular weight excluding hydrogens is 238 g/mol. The molecule has 0 atom stereocenters. The minimum absolute atomic E-state index is 0.0774. The van der Waals surface area contributed by atoms with E-state index in [-0.39, 0.29) is 11.4 Å². The fourth-order valence-electron chi connectivity index (χ4n) is 1.36. The largest absolute Gasteiger partial charge is 0.476 e. The van der Waals surface area contributed by atoms with Crippen LogP contribution in [0.1, 0.15) is 21.0 Å². The van der Waals surface area contributed by atoms with Crippen LogP contribution in [-0.2, 0) is 4.74 Å². The average Bonchev–Trinajstić information content (AvgIpc) is 2.88. The number of nitrogens with zero attached hydrogens (tertiary/aromatic N) is 3. The van der Waals surface area contributed by atoms with E-state index in [2.05, 4.69) is 14.8 Å². The monoisotopic (exact) mass is 247 g/mol. The number of ether oxygens (including phenoxy) is 1. The van der Waals surface area contributed by atoms with E-state index in [4.69, 9.17) is 5.11 Å². The zero-order chi connectivity index (χ0) is 13.1. The van der Waals surface area contributed by atoms with Gasteiger partial charge in [-0.25, -0.2) is 19.3 Å². The van der Waals surface area contributed by atoms with Gasteiger partial charge in [-0.1, -0.05) is 0 Å². The summed E-state index contributed by atoms with van der Waals surface area (Å²) in [7, 11) is 1.26. The van der Waals surface area contributed by atoms with E-state index in [0.717, 1.165) is 0 Å². The van der Waals surface area contributed by atoms with Gasteiger partial charge in [0.25, 0.3) is 0 Å². The van der Waals surface area contributed by atoms with Crippen LogP contribution in [0.15, 0.2) is 30.6 Å². The molecule has 2 aromatic heterocycles. The van der Waals surface area contributed by atoms with Crippen molar-refractivity contribution in [3.05, 3.63) is 42.0 Å². The van der Waals surface area contributed by atoms with Gasteiger partial charge in [0, 0.05) is 12.4 Å². The number of methoxy groups -OCH3 is 1. The second-order valence-corrected chi connectivity index (χ2v) is 3.34. The molecule has 0 radical (unpaired) electrons. The molecule has 0 aliphatic rings. The Hall–Kier alpha value is -2.70. The van der Waals surface area contributed by atoms with Gasteiger partial charge in [-0.2, -0.15) is 5.10 Å². The van der Waals surface area contributed by atoms with E-state index >= 15 is 0 Å². The molecule has 1 N–H and O–H groups in total. The fourth-order valence-corrected chi connectivity index (χ4v) is 1.36. The van der Waals surface area contributed by atoms with Gasteiger partial charge in [0.05, 0.1) is 12.8 Å². The van der Waals surface area contributed by atoms with Crippen molar-refractivity contribution in [3.63, 3.8) is 0 Å². The van der Waals surface area contributed by atoms with E-state index in [0.29, 0.717) is 5.69 Å². The molecule has 0 aliphatic carbocycles. The lowest BCUT2D eigenvalue weighted by Crippen LogP contribution is -2.06. The topological polar surface area (TPSA) is 94.3 Å². The number of carboxylic acid groups (broad SMARTS) is 1. The van der Waals surface area contributed by atoms with Crippen LogP contribution in [-0.4, -0.2) is 38.9 Å². The summed E-state index contributed by atoms with van der Waals surface area (Å²) < 4.78 is 5.89. The van der Waals surface area contributed by atoms with Crippen LogP contribution in [0, 0.1) is 0 Å². The number of esters is 1. The third-order valence-electron chi connectivity index (χ3n) is 2.21. The van der Waals surface area contributed by atoms with Crippen molar-refractivity contribution >= 4 is 11.9 Å². The number of carbonyl (C=O) groups is 2. The summed E-state index contributed by atoms with van der Waals surface area (Å²) in [4.78, 5) is 25.9. The maximum Gasteiger partial charge on any atom is 0.356 e. The van der Waals surface area contributed by atoms with E-state index in [1.165, 1.54) is 36.3 Å². The lowest BCUT2D eigenvalue weighted by atomic mass is 10.3. The zero-order valence-electron chi connectivity index (χ0n) is 9.40. The van der Waals surface area contributed by atoms with Crippen LogP contribution in [0.4, 0.5) is 0 Å². The summed E-state index contributed by atoms with van der Waals surface area (Å²) in [5.41, 5.74) is 0.576.